The molecule has 1 aromatic carbocycles. The Bertz CT molecular complexity index is 755. The number of nitrogens with one attached hydrogen (secondary N) is 1. The van der Waals surface area contributed by atoms with E-state index in [0.717, 1.165) is 29.2 Å². The quantitative estimate of drug-likeness (QED) is 0.753. The van der Waals surface area contributed by atoms with E-state index in [1.807, 2.05) is 24.4 Å². The van der Waals surface area contributed by atoms with Gasteiger partial charge in [-0.05, 0) is 30.5 Å². The Morgan fingerprint density at radius 2 is 2.18 bits per heavy atom. The molecular weight excluding hydrogens is 318 g/mol. The molecule has 0 aliphatic carbocycles. The Kier molecular flexibility index (Phi) is 4.65. The van der Waals surface area contributed by atoms with Crippen LogP contribution in [0, 0.1) is 0 Å². The van der Waals surface area contributed by atoms with E-state index in [2.05, 4.69) is 20.1 Å². The van der Waals surface area contributed by atoms with E-state index in [1.165, 1.54) is 4.88 Å². The van der Waals surface area contributed by atoms with E-state index in [4.69, 9.17) is 4.74 Å². The number of carbonyl (C=O) groups is 1. The fourth-order valence-electron chi connectivity index (χ4n) is 2.10. The van der Waals surface area contributed by atoms with Crippen LogP contribution >= 0.6 is 23.1 Å². The molecule has 0 spiro atoms. The maximum absolute atomic E-state index is 11.9. The maximum atomic E-state index is 11.9. The molecule has 22 heavy (non-hydrogen) atoms. The molecule has 0 saturated carbocycles. The molecule has 0 aliphatic rings. The van der Waals surface area contributed by atoms with Gasteiger partial charge in [0.2, 0.25) is 0 Å². The Morgan fingerprint density at radius 3 is 3.00 bits per heavy atom. The van der Waals surface area contributed by atoms with Crippen molar-refractivity contribution in [3.63, 3.8) is 0 Å². The van der Waals surface area contributed by atoms with Gasteiger partial charge in [-0.2, -0.15) is 8.75 Å². The van der Waals surface area contributed by atoms with Crippen LogP contribution in [0.5, 0.6) is 5.75 Å². The summed E-state index contributed by atoms with van der Waals surface area (Å²) in [5.41, 5.74) is 1.63. The van der Waals surface area contributed by atoms with Gasteiger partial charge in [0, 0.05) is 23.4 Å². The van der Waals surface area contributed by atoms with E-state index in [0.29, 0.717) is 5.75 Å². The minimum absolute atomic E-state index is 0.00213. The third kappa shape index (κ3) is 3.80. The maximum Gasteiger partial charge on any atom is 0.258 e. The molecule has 3 rings (SSSR count). The molecule has 114 valence electrons. The molecule has 1 N–H and O–H groups in total. The molecule has 0 saturated heterocycles. The lowest BCUT2D eigenvalue weighted by Crippen LogP contribution is -2.37. The predicted octanol–water partition coefficient (Wildman–Crippen LogP) is 2.88. The normalized spacial score (nSPS) is 12.2. The largest absolute Gasteiger partial charge is 0.484 e. The molecule has 0 fully saturated rings. The third-order valence-corrected chi connectivity index (χ3v) is 4.55. The molecule has 0 aliphatic heterocycles. The second-order valence-corrected chi connectivity index (χ2v) is 6.52. The van der Waals surface area contributed by atoms with E-state index < -0.39 is 0 Å². The van der Waals surface area contributed by atoms with Gasteiger partial charge in [0.15, 0.2) is 6.61 Å². The first-order chi connectivity index (χ1) is 10.7. The van der Waals surface area contributed by atoms with Crippen LogP contribution in [-0.4, -0.2) is 27.3 Å². The molecule has 0 bridgehead atoms. The molecule has 7 heteroatoms. The summed E-state index contributed by atoms with van der Waals surface area (Å²) in [6, 6.07) is 9.60. The minimum Gasteiger partial charge on any atom is -0.484 e. The van der Waals surface area contributed by atoms with Gasteiger partial charge in [0.1, 0.15) is 16.8 Å². The summed E-state index contributed by atoms with van der Waals surface area (Å²) in [4.78, 5) is 13.2. The molecular formula is C15H15N3O2S2. The number of benzene rings is 1. The average molecular weight is 333 g/mol. The van der Waals surface area contributed by atoms with Gasteiger partial charge in [-0.1, -0.05) is 6.07 Å². The number of amides is 1. The van der Waals surface area contributed by atoms with Gasteiger partial charge >= 0.3 is 0 Å². The van der Waals surface area contributed by atoms with Crippen LogP contribution in [0.3, 0.4) is 0 Å². The van der Waals surface area contributed by atoms with Crippen molar-refractivity contribution >= 4 is 40.0 Å². The van der Waals surface area contributed by atoms with Crippen LogP contribution in [-0.2, 0) is 11.2 Å². The first-order valence-corrected chi connectivity index (χ1v) is 8.48. The Labute approximate surface area is 136 Å². The van der Waals surface area contributed by atoms with Crippen molar-refractivity contribution in [2.75, 3.05) is 6.61 Å². The minimum atomic E-state index is -0.124. The fraction of sp³-hybridized carbons (Fsp3) is 0.267. The standard InChI is InChI=1S/C15H15N3O2S2/c1-10(7-12-3-2-6-21-12)16-15(19)9-20-11-4-5-13-14(8-11)18-22-17-13/h2-6,8,10H,7,9H2,1H3,(H,16,19). The number of rotatable bonds is 6. The zero-order valence-corrected chi connectivity index (χ0v) is 13.6. The van der Waals surface area contributed by atoms with Crippen molar-refractivity contribution in [1.82, 2.24) is 14.1 Å². The lowest BCUT2D eigenvalue weighted by molar-refractivity contribution is -0.123. The lowest BCUT2D eigenvalue weighted by atomic mass is 10.2. The fourth-order valence-corrected chi connectivity index (χ4v) is 3.45. The summed E-state index contributed by atoms with van der Waals surface area (Å²) in [6.45, 7) is 1.99. The zero-order chi connectivity index (χ0) is 15.4. The molecule has 1 amide bonds. The number of aromatic nitrogens is 2. The monoisotopic (exact) mass is 333 g/mol. The topological polar surface area (TPSA) is 64.1 Å². The summed E-state index contributed by atoms with van der Waals surface area (Å²) < 4.78 is 13.8. The number of hydrogen-bond donors (Lipinski definition) is 1. The van der Waals surface area contributed by atoms with Crippen molar-refractivity contribution in [2.24, 2.45) is 0 Å². The first kappa shape index (κ1) is 14.9. The smallest absolute Gasteiger partial charge is 0.258 e. The van der Waals surface area contributed by atoms with Crippen molar-refractivity contribution in [3.8, 4) is 5.75 Å². The van der Waals surface area contributed by atoms with Crippen molar-refractivity contribution in [3.05, 3.63) is 40.6 Å². The van der Waals surface area contributed by atoms with E-state index in [1.54, 1.807) is 23.5 Å². The van der Waals surface area contributed by atoms with Crippen LogP contribution in [0.1, 0.15) is 11.8 Å². The Morgan fingerprint density at radius 1 is 1.32 bits per heavy atom. The first-order valence-electron chi connectivity index (χ1n) is 6.87. The Balaban J connectivity index is 1.49. The summed E-state index contributed by atoms with van der Waals surface area (Å²) in [6.07, 6.45) is 0.833. The summed E-state index contributed by atoms with van der Waals surface area (Å²) >= 11 is 2.86. The van der Waals surface area contributed by atoms with Gasteiger partial charge in [-0.3, -0.25) is 4.79 Å². The molecule has 2 aromatic heterocycles. The second-order valence-electron chi connectivity index (χ2n) is 4.96. The van der Waals surface area contributed by atoms with Gasteiger partial charge in [0.25, 0.3) is 5.91 Å². The van der Waals surface area contributed by atoms with Crippen LogP contribution in [0.25, 0.3) is 11.0 Å². The van der Waals surface area contributed by atoms with Crippen molar-refractivity contribution < 1.29 is 9.53 Å². The highest BCUT2D eigenvalue weighted by Crippen LogP contribution is 2.18. The zero-order valence-electron chi connectivity index (χ0n) is 12.0. The molecule has 5 nitrogen and oxygen atoms in total. The van der Waals surface area contributed by atoms with Gasteiger partial charge in [-0.25, -0.2) is 0 Å². The lowest BCUT2D eigenvalue weighted by Gasteiger charge is -2.13. The van der Waals surface area contributed by atoms with E-state index >= 15 is 0 Å². The molecule has 0 radical (unpaired) electrons. The van der Waals surface area contributed by atoms with Crippen LogP contribution in [0.4, 0.5) is 0 Å². The molecule has 1 atom stereocenters. The van der Waals surface area contributed by atoms with E-state index in [9.17, 15) is 4.79 Å². The number of hydrogen-bond acceptors (Lipinski definition) is 6. The van der Waals surface area contributed by atoms with Crippen LogP contribution in [0.15, 0.2) is 35.7 Å². The highest BCUT2D eigenvalue weighted by molar-refractivity contribution is 7.09. The summed E-state index contributed by atoms with van der Waals surface area (Å²) in [7, 11) is 0. The molecule has 3 aromatic rings. The van der Waals surface area contributed by atoms with Gasteiger partial charge < -0.3 is 10.1 Å². The third-order valence-electron chi connectivity index (χ3n) is 3.09. The number of thiophene rings is 1. The van der Waals surface area contributed by atoms with E-state index in [-0.39, 0.29) is 18.6 Å². The van der Waals surface area contributed by atoms with Crippen LogP contribution < -0.4 is 10.1 Å². The Hall–Kier alpha value is -1.99. The summed E-state index contributed by atoms with van der Waals surface area (Å²) in [5, 5.41) is 4.98. The second kappa shape index (κ2) is 6.85. The number of ether oxygens (including phenoxy) is 1. The van der Waals surface area contributed by atoms with Crippen molar-refractivity contribution in [2.45, 2.75) is 19.4 Å². The van der Waals surface area contributed by atoms with Gasteiger partial charge in [-0.15, -0.1) is 11.3 Å². The molecule has 2 heterocycles. The predicted molar refractivity (Wildman–Crippen MR) is 88.5 cm³/mol. The number of nitrogens with zero attached hydrogens (tertiary/aromatic N) is 2. The average Bonchev–Trinajstić information content (AvgIpc) is 3.15. The highest BCUT2D eigenvalue weighted by Gasteiger charge is 2.10. The highest BCUT2D eigenvalue weighted by atomic mass is 32.1. The van der Waals surface area contributed by atoms with Gasteiger partial charge in [0.05, 0.1) is 11.7 Å². The number of carbonyl (C=O) groups excluding carboxylic acids is 1. The van der Waals surface area contributed by atoms with Crippen LogP contribution in [0.2, 0.25) is 0 Å². The summed E-state index contributed by atoms with van der Waals surface area (Å²) in [5.74, 6) is 0.502. The van der Waals surface area contributed by atoms with Crippen molar-refractivity contribution in [1.29, 1.82) is 0 Å². The molecule has 1 unspecified atom stereocenters. The SMILES string of the molecule is CC(Cc1cccs1)NC(=O)COc1ccc2nsnc2c1. The number of fused-ring (bicyclic) bond motifs is 1.